The third-order valence-corrected chi connectivity index (χ3v) is 17.9. The number of hydrogen-bond donors (Lipinski definition) is 10. The number of aliphatic hydroxyl groups excluding tert-OH is 1. The largest absolute Gasteiger partial charge is 0.470 e. The van der Waals surface area contributed by atoms with Gasteiger partial charge in [0.2, 0.25) is 17.2 Å². The zero-order valence-corrected chi connectivity index (χ0v) is 51.1. The van der Waals surface area contributed by atoms with Crippen molar-refractivity contribution in [1.29, 1.82) is 0 Å². The van der Waals surface area contributed by atoms with E-state index < -0.39 is 78.2 Å². The minimum absolute atomic E-state index is 0.00756. The number of ether oxygens (including phenoxy) is 1. The lowest BCUT2D eigenvalue weighted by molar-refractivity contribution is -0.121. The van der Waals surface area contributed by atoms with E-state index in [0.29, 0.717) is 73.5 Å². The standard InChI is InChI=1S/C55H71N9O18P2S2/c1-5-62(6-2)37-22-24-40-39(35(3)49(80-43(40)31-37)36-17-10-9-11-18-36)19-14-20-45-55(4,41-32-38(86(76,77)78)23-25-42(41)63(45)29-16-30-85(73,74)75)26-15-21-46(65)57-27-12-7-8-13-28-58-54-61-47-51(56)59-34-60-52(47)64(54)53-50(82-84(70,71)72)48(66)44(81-53)33-79-83(67,68)69/h9-11,14,17-20,22-25,31-32,34,44,48,50,53,66H,5-8,12-13,15-16,21,26-30,33H2,1-4H3,(H9-,56,57,58,59,60,61,65,67,68,69,70,71,72,73,74,75,76,77,78)/p+1/t44-,48-,50-,53-,55?/m1/s1. The number of aliphatic hydroxyl groups is 1. The van der Waals surface area contributed by atoms with Gasteiger partial charge in [-0.2, -0.15) is 16.8 Å². The highest BCUT2D eigenvalue weighted by atomic mass is 32.2. The van der Waals surface area contributed by atoms with Gasteiger partial charge >= 0.3 is 15.6 Å². The van der Waals surface area contributed by atoms with Crippen molar-refractivity contribution in [2.24, 2.45) is 0 Å². The molecule has 3 aliphatic heterocycles. The van der Waals surface area contributed by atoms with Gasteiger partial charge in [-0.3, -0.25) is 27.5 Å². The predicted octanol–water partition coefficient (Wildman–Crippen LogP) is 5.90. The lowest BCUT2D eigenvalue weighted by atomic mass is 9.77. The molecule has 4 aromatic rings. The van der Waals surface area contributed by atoms with Gasteiger partial charge in [-0.05, 0) is 101 Å². The summed E-state index contributed by atoms with van der Waals surface area (Å²) in [6.07, 6.45) is 3.27. The number of benzene rings is 3. The van der Waals surface area contributed by atoms with Crippen LogP contribution < -0.4 is 31.2 Å². The molecule has 27 nitrogen and oxygen atoms in total. The summed E-state index contributed by atoms with van der Waals surface area (Å²) in [5, 5.41) is 18.1. The molecule has 0 radical (unpaired) electrons. The van der Waals surface area contributed by atoms with Gasteiger partial charge in [-0.1, -0.05) is 55.3 Å². The van der Waals surface area contributed by atoms with Crippen LogP contribution in [0.4, 0.5) is 17.5 Å². The third kappa shape index (κ3) is 15.9. The summed E-state index contributed by atoms with van der Waals surface area (Å²) in [6.45, 7) is 9.50. The number of unbranched alkanes of at least 4 members (excludes halogenated alkanes) is 3. The van der Waals surface area contributed by atoms with Crippen molar-refractivity contribution >= 4 is 76.5 Å². The summed E-state index contributed by atoms with van der Waals surface area (Å²) in [5.74, 6) is 0.545. The van der Waals surface area contributed by atoms with E-state index in [4.69, 9.17) is 19.4 Å². The van der Waals surface area contributed by atoms with Crippen LogP contribution in [0.15, 0.2) is 100 Å². The summed E-state index contributed by atoms with van der Waals surface area (Å²) < 4.78 is 118. The Labute approximate surface area is 497 Å². The van der Waals surface area contributed by atoms with Crippen LogP contribution in [0.1, 0.15) is 95.1 Å². The van der Waals surface area contributed by atoms with Gasteiger partial charge in [0.05, 0.1) is 23.3 Å². The van der Waals surface area contributed by atoms with Gasteiger partial charge in [0.25, 0.3) is 20.2 Å². The lowest BCUT2D eigenvalue weighted by Gasteiger charge is -2.30. The number of amides is 1. The minimum Gasteiger partial charge on any atom is -0.456 e. The smallest absolute Gasteiger partial charge is 0.456 e. The number of fused-ring (bicyclic) bond motifs is 3. The lowest BCUT2D eigenvalue weighted by Crippen LogP contribution is -2.35. The molecule has 11 N–H and O–H groups in total. The summed E-state index contributed by atoms with van der Waals surface area (Å²) in [5.41, 5.74) is 10.4. The number of nitrogen functional groups attached to an aromatic ring is 1. The molecule has 4 aliphatic rings. The average Bonchev–Trinajstić information content (AvgIpc) is 1.61. The van der Waals surface area contributed by atoms with Crippen LogP contribution in [0.25, 0.3) is 39.9 Å². The number of phosphoric acid groups is 2. The molecular formula is C55H72N9O18P2S2+. The molecule has 1 amide bonds. The molecule has 466 valence electrons. The number of phosphoric ester groups is 2. The van der Waals surface area contributed by atoms with E-state index in [1.165, 1.54) is 16.7 Å². The van der Waals surface area contributed by atoms with Gasteiger partial charge in [0, 0.05) is 65.6 Å². The maximum atomic E-state index is 13.5. The molecule has 86 heavy (non-hydrogen) atoms. The average molecular weight is 1270 g/mol. The first-order valence-electron chi connectivity index (χ1n) is 27.8. The molecule has 1 saturated heterocycles. The summed E-state index contributed by atoms with van der Waals surface area (Å²) in [7, 11) is -19.4. The second-order valence-corrected chi connectivity index (χ2v) is 26.5. The van der Waals surface area contributed by atoms with Crippen molar-refractivity contribution in [1.82, 2.24) is 29.4 Å². The van der Waals surface area contributed by atoms with E-state index in [-0.39, 0.29) is 59.7 Å². The summed E-state index contributed by atoms with van der Waals surface area (Å²) in [6, 6.07) is 20.1. The fourth-order valence-electron chi connectivity index (χ4n) is 11.1. The number of nitrogens with zero attached hydrogens (tertiary/aromatic N) is 6. The Bertz CT molecular complexity index is 3870. The summed E-state index contributed by atoms with van der Waals surface area (Å²) >= 11 is 0. The number of carbonyl (C=O) groups is 1. The van der Waals surface area contributed by atoms with E-state index in [9.17, 15) is 64.5 Å². The second kappa shape index (κ2) is 27.4. The Kier molecular flexibility index (Phi) is 20.9. The minimum atomic E-state index is -5.30. The Morgan fingerprint density at radius 2 is 1.64 bits per heavy atom. The maximum absolute atomic E-state index is 13.5. The van der Waals surface area contributed by atoms with Crippen molar-refractivity contribution in [3.63, 3.8) is 0 Å². The first-order chi connectivity index (χ1) is 40.6. The fraction of sp³-hybridized carbons (Fsp3) is 0.436. The second-order valence-electron chi connectivity index (χ2n) is 21.1. The number of aromatic nitrogens is 4. The van der Waals surface area contributed by atoms with E-state index in [0.717, 1.165) is 47.0 Å². The van der Waals surface area contributed by atoms with Crippen LogP contribution in [0.5, 0.6) is 0 Å². The normalized spacial score (nSPS) is 19.8. The van der Waals surface area contributed by atoms with Gasteiger partial charge < -0.3 is 55.1 Å². The van der Waals surface area contributed by atoms with Crippen LogP contribution in [-0.2, 0) is 53.4 Å². The molecule has 8 rings (SSSR count). The molecule has 5 heterocycles. The SMILES string of the molecule is CC[N+](CC)=c1ccc2c(/C=C/C=C3\N(CCCS(=O)(=O)O)c4ccc(S(=O)(=O)O)cc4C3(C)CCCC(=O)NCCCCCCNc3nc4c(N)ncnc4n3[C@@H]3O[C@H](COP(=O)(O)O)[C@@H](O)[C@H]3OP(=O)(O)O)c(C)c(-c3ccccc3)oc-2c1. The molecule has 0 saturated carbocycles. The molecule has 1 unspecified atom stereocenters. The maximum Gasteiger partial charge on any atom is 0.470 e. The van der Waals surface area contributed by atoms with Gasteiger partial charge in [-0.15, -0.1) is 0 Å². The van der Waals surface area contributed by atoms with Gasteiger partial charge in [0.1, 0.15) is 49.2 Å². The predicted molar refractivity (Wildman–Crippen MR) is 319 cm³/mol. The number of anilines is 3. The summed E-state index contributed by atoms with van der Waals surface area (Å²) in [4.78, 5) is 65.6. The number of rotatable bonds is 28. The number of hydrogen-bond acceptors (Lipinski definition) is 18. The Balaban J connectivity index is 0.956. The molecule has 2 aromatic carbocycles. The van der Waals surface area contributed by atoms with E-state index in [1.54, 1.807) is 6.07 Å². The zero-order valence-electron chi connectivity index (χ0n) is 47.7. The highest BCUT2D eigenvalue weighted by Crippen LogP contribution is 2.52. The molecule has 1 fully saturated rings. The number of nitrogens with one attached hydrogen (secondary N) is 2. The molecule has 5 atom stereocenters. The first-order valence-corrected chi connectivity index (χ1v) is 33.9. The van der Waals surface area contributed by atoms with Crippen molar-refractivity contribution in [2.75, 3.05) is 61.0 Å². The van der Waals surface area contributed by atoms with Crippen LogP contribution in [-0.4, -0.2) is 139 Å². The van der Waals surface area contributed by atoms with Crippen LogP contribution in [0.3, 0.4) is 0 Å². The number of nitrogens with two attached hydrogens (primary N) is 1. The number of carbonyl (C=O) groups excluding carboxylic acids is 1. The number of allylic oxidation sites excluding steroid dienone is 3. The van der Waals surface area contributed by atoms with Gasteiger partial charge in [0.15, 0.2) is 23.2 Å². The van der Waals surface area contributed by atoms with Crippen LogP contribution in [0, 0.1) is 6.92 Å². The zero-order chi connectivity index (χ0) is 62.4. The fourth-order valence-corrected chi connectivity index (χ4v) is 12.9. The van der Waals surface area contributed by atoms with Crippen molar-refractivity contribution in [3.8, 4) is 22.6 Å². The van der Waals surface area contributed by atoms with Crippen molar-refractivity contribution in [3.05, 3.63) is 113 Å². The van der Waals surface area contributed by atoms with Gasteiger partial charge in [-0.25, -0.2) is 28.7 Å². The van der Waals surface area contributed by atoms with Crippen molar-refractivity contribution < 1.29 is 82.7 Å². The van der Waals surface area contributed by atoms with E-state index in [1.807, 2.05) is 79.4 Å². The topological polar surface area (TPSA) is 402 Å². The first kappa shape index (κ1) is 65.7. The van der Waals surface area contributed by atoms with E-state index in [2.05, 4.69) is 54.6 Å². The Morgan fingerprint density at radius 3 is 2.31 bits per heavy atom. The molecular weight excluding hydrogens is 1200 g/mol. The molecule has 2 aromatic heterocycles. The molecule has 0 bridgehead atoms. The molecule has 31 heteroatoms. The highest BCUT2D eigenvalue weighted by molar-refractivity contribution is 7.86. The quantitative estimate of drug-likeness (QED) is 0.0118. The van der Waals surface area contributed by atoms with Crippen LogP contribution >= 0.6 is 15.6 Å². The number of imidazole rings is 1. The monoisotopic (exact) mass is 1270 g/mol. The Morgan fingerprint density at radius 1 is 0.919 bits per heavy atom. The Hall–Kier alpha value is -6.27. The van der Waals surface area contributed by atoms with E-state index >= 15 is 0 Å². The molecule has 1 aliphatic carbocycles. The third-order valence-electron chi connectivity index (χ3n) is 15.2. The molecule has 0 spiro atoms. The van der Waals surface area contributed by atoms with Crippen molar-refractivity contribution in [2.45, 2.75) is 114 Å². The van der Waals surface area contributed by atoms with Crippen LogP contribution in [0.2, 0.25) is 0 Å². The highest BCUT2D eigenvalue weighted by Gasteiger charge is 2.50.